The van der Waals surface area contributed by atoms with Crippen molar-refractivity contribution in [2.45, 2.75) is 5.41 Å². The first-order chi connectivity index (χ1) is 28.3. The molecular formula is C55H36N2. The molecule has 0 saturated carbocycles. The molecule has 0 fully saturated rings. The molecule has 1 spiro atoms. The number of para-hydroxylation sites is 4. The minimum absolute atomic E-state index is 0.462. The predicted octanol–water partition coefficient (Wildman–Crippen LogP) is 14.3. The van der Waals surface area contributed by atoms with Gasteiger partial charge in [-0.3, -0.25) is 0 Å². The van der Waals surface area contributed by atoms with Crippen LogP contribution in [0.4, 0.5) is 17.1 Å². The fourth-order valence-corrected chi connectivity index (χ4v) is 10.0. The summed E-state index contributed by atoms with van der Waals surface area (Å²) in [6, 6.07) is 80.5. The Morgan fingerprint density at radius 3 is 1.58 bits per heavy atom. The molecule has 0 bridgehead atoms. The summed E-state index contributed by atoms with van der Waals surface area (Å²) in [6.07, 6.45) is 0. The molecule has 0 atom stereocenters. The number of anilines is 3. The van der Waals surface area contributed by atoms with Crippen LogP contribution in [0.25, 0.3) is 60.9 Å². The molecule has 0 radical (unpaired) electrons. The van der Waals surface area contributed by atoms with Crippen molar-refractivity contribution < 1.29 is 0 Å². The molecule has 0 saturated heterocycles. The van der Waals surface area contributed by atoms with Crippen LogP contribution in [-0.2, 0) is 5.41 Å². The fourth-order valence-electron chi connectivity index (χ4n) is 10.0. The van der Waals surface area contributed by atoms with Crippen LogP contribution in [0, 0.1) is 0 Å². The molecular weight excluding hydrogens is 689 g/mol. The molecule has 12 rings (SSSR count). The molecule has 57 heavy (non-hydrogen) atoms. The fraction of sp³-hybridized carbons (Fsp3) is 0.0182. The van der Waals surface area contributed by atoms with Gasteiger partial charge in [-0.15, -0.1) is 0 Å². The third-order valence-corrected chi connectivity index (χ3v) is 12.4. The Balaban J connectivity index is 1.03. The van der Waals surface area contributed by atoms with Crippen molar-refractivity contribution in [2.75, 3.05) is 4.90 Å². The van der Waals surface area contributed by atoms with Crippen LogP contribution < -0.4 is 4.90 Å². The number of hydrogen-bond donors (Lipinski definition) is 0. The van der Waals surface area contributed by atoms with Gasteiger partial charge in [0.25, 0.3) is 0 Å². The van der Waals surface area contributed by atoms with Gasteiger partial charge in [-0.05, 0) is 116 Å². The summed E-state index contributed by atoms with van der Waals surface area (Å²) < 4.78 is 2.41. The second kappa shape index (κ2) is 12.3. The molecule has 0 amide bonds. The van der Waals surface area contributed by atoms with Crippen molar-refractivity contribution in [3.05, 3.63) is 241 Å². The number of rotatable bonds is 4. The first kappa shape index (κ1) is 31.9. The summed E-state index contributed by atoms with van der Waals surface area (Å²) in [4.78, 5) is 2.44. The van der Waals surface area contributed by atoms with Gasteiger partial charge in [0.05, 0.1) is 27.8 Å². The van der Waals surface area contributed by atoms with Crippen LogP contribution in [-0.4, -0.2) is 4.57 Å². The van der Waals surface area contributed by atoms with Crippen LogP contribution in [0.5, 0.6) is 0 Å². The number of nitrogens with zero attached hydrogens (tertiary/aromatic N) is 2. The molecule has 10 aromatic rings. The summed E-state index contributed by atoms with van der Waals surface area (Å²) in [6.45, 7) is 0. The van der Waals surface area contributed by atoms with Crippen molar-refractivity contribution in [2.24, 2.45) is 0 Å². The van der Waals surface area contributed by atoms with Gasteiger partial charge < -0.3 is 9.47 Å². The number of benzene rings is 9. The molecule has 1 aliphatic heterocycles. The topological polar surface area (TPSA) is 8.17 Å². The van der Waals surface area contributed by atoms with Crippen LogP contribution in [0.1, 0.15) is 22.3 Å². The quantitative estimate of drug-likeness (QED) is 0.175. The van der Waals surface area contributed by atoms with Crippen molar-refractivity contribution in [3.8, 4) is 39.1 Å². The lowest BCUT2D eigenvalue weighted by molar-refractivity contribution is 0.753. The van der Waals surface area contributed by atoms with E-state index < -0.39 is 5.41 Å². The Hall–Kier alpha value is -7.42. The van der Waals surface area contributed by atoms with Gasteiger partial charge in [-0.25, -0.2) is 0 Å². The summed E-state index contributed by atoms with van der Waals surface area (Å²) in [5.74, 6) is 0. The van der Waals surface area contributed by atoms with Gasteiger partial charge in [-0.2, -0.15) is 0 Å². The average Bonchev–Trinajstić information content (AvgIpc) is 3.77. The lowest BCUT2D eigenvalue weighted by Gasteiger charge is -2.45. The molecule has 0 N–H and O–H groups in total. The van der Waals surface area contributed by atoms with Crippen molar-refractivity contribution in [1.29, 1.82) is 0 Å². The Kier molecular flexibility index (Phi) is 6.88. The van der Waals surface area contributed by atoms with Crippen molar-refractivity contribution >= 4 is 38.9 Å². The largest absolute Gasteiger partial charge is 0.310 e. The normalized spacial score (nSPS) is 13.4. The van der Waals surface area contributed by atoms with Gasteiger partial charge in [0.1, 0.15) is 0 Å². The third kappa shape index (κ3) is 4.53. The van der Waals surface area contributed by atoms with E-state index in [2.05, 4.69) is 228 Å². The second-order valence-corrected chi connectivity index (χ2v) is 15.3. The highest BCUT2D eigenvalue weighted by Crippen LogP contribution is 2.63. The van der Waals surface area contributed by atoms with E-state index in [0.29, 0.717) is 0 Å². The van der Waals surface area contributed by atoms with Crippen LogP contribution >= 0.6 is 0 Å². The van der Waals surface area contributed by atoms with Crippen LogP contribution in [0.3, 0.4) is 0 Å². The number of aromatic nitrogens is 1. The number of hydrogen-bond acceptors (Lipinski definition) is 1. The maximum Gasteiger partial charge on any atom is 0.0754 e. The van der Waals surface area contributed by atoms with E-state index in [9.17, 15) is 0 Å². The van der Waals surface area contributed by atoms with Gasteiger partial charge in [0, 0.05) is 22.1 Å². The smallest absolute Gasteiger partial charge is 0.0754 e. The standard InChI is InChI=1S/C55H36N2/c1-3-15-37(16-4-1)38-27-31-42(32-28-38)56-51-24-12-8-20-44(51)46-36-40(30-34-52(46)56)39-29-33-48-45(35-39)43-19-7-9-21-47(43)55(48)49-22-10-13-25-53(49)57(41-17-5-2-6-18-41)54-26-14-11-23-50(54)55/h1-36H. The molecule has 2 heterocycles. The zero-order chi connectivity index (χ0) is 37.5. The average molecular weight is 725 g/mol. The van der Waals surface area contributed by atoms with Gasteiger partial charge >= 0.3 is 0 Å². The zero-order valence-electron chi connectivity index (χ0n) is 31.2. The minimum atomic E-state index is -0.462. The van der Waals surface area contributed by atoms with E-state index >= 15 is 0 Å². The van der Waals surface area contributed by atoms with E-state index in [1.807, 2.05) is 0 Å². The number of fused-ring (bicyclic) bond motifs is 12. The summed E-state index contributed by atoms with van der Waals surface area (Å²) in [5, 5.41) is 2.51. The summed E-state index contributed by atoms with van der Waals surface area (Å²) >= 11 is 0. The SMILES string of the molecule is c1ccc(-c2ccc(-n3c4ccccc4c4cc(-c5ccc6c(c5)-c5ccccc5C65c6ccccc6N(c6ccccc6)c6ccccc65)ccc43)cc2)cc1. The first-order valence-corrected chi connectivity index (χ1v) is 19.8. The molecule has 0 unspecified atom stereocenters. The van der Waals surface area contributed by atoms with Crippen molar-refractivity contribution in [1.82, 2.24) is 4.57 Å². The molecule has 2 nitrogen and oxygen atoms in total. The molecule has 1 aliphatic carbocycles. The predicted molar refractivity (Wildman–Crippen MR) is 237 cm³/mol. The maximum absolute atomic E-state index is 2.44. The van der Waals surface area contributed by atoms with Crippen molar-refractivity contribution in [3.63, 3.8) is 0 Å². The Morgan fingerprint density at radius 2 is 0.825 bits per heavy atom. The lowest BCUT2D eigenvalue weighted by atomic mass is 9.64. The highest BCUT2D eigenvalue weighted by atomic mass is 15.2. The Morgan fingerprint density at radius 1 is 0.298 bits per heavy atom. The third-order valence-electron chi connectivity index (χ3n) is 12.4. The zero-order valence-corrected chi connectivity index (χ0v) is 31.2. The van der Waals surface area contributed by atoms with Gasteiger partial charge in [0.15, 0.2) is 0 Å². The Bertz CT molecular complexity index is 3130. The lowest BCUT2D eigenvalue weighted by Crippen LogP contribution is -2.36. The van der Waals surface area contributed by atoms with E-state index in [1.165, 1.54) is 88.8 Å². The first-order valence-electron chi connectivity index (χ1n) is 19.8. The van der Waals surface area contributed by atoms with Crippen LogP contribution in [0.15, 0.2) is 218 Å². The maximum atomic E-state index is 2.44. The molecule has 2 aliphatic rings. The molecule has 1 aromatic heterocycles. The Labute approximate surface area is 332 Å². The van der Waals surface area contributed by atoms with Crippen LogP contribution in [0.2, 0.25) is 0 Å². The molecule has 266 valence electrons. The summed E-state index contributed by atoms with van der Waals surface area (Å²) in [5.41, 5.74) is 19.4. The second-order valence-electron chi connectivity index (χ2n) is 15.3. The van der Waals surface area contributed by atoms with E-state index in [4.69, 9.17) is 0 Å². The van der Waals surface area contributed by atoms with E-state index in [1.54, 1.807) is 0 Å². The minimum Gasteiger partial charge on any atom is -0.310 e. The summed E-state index contributed by atoms with van der Waals surface area (Å²) in [7, 11) is 0. The van der Waals surface area contributed by atoms with E-state index in [0.717, 1.165) is 11.4 Å². The highest BCUT2D eigenvalue weighted by molar-refractivity contribution is 6.10. The molecule has 9 aromatic carbocycles. The van der Waals surface area contributed by atoms with Gasteiger partial charge in [-0.1, -0.05) is 158 Å². The monoisotopic (exact) mass is 724 g/mol. The highest BCUT2D eigenvalue weighted by Gasteiger charge is 2.51. The van der Waals surface area contributed by atoms with Gasteiger partial charge in [0.2, 0.25) is 0 Å². The van der Waals surface area contributed by atoms with E-state index in [-0.39, 0.29) is 0 Å². The molecule has 2 heteroatoms.